The minimum Gasteiger partial charge on any atom is -0.480 e. The molecule has 0 aromatic carbocycles. The average molecular weight is 256 g/mol. The Morgan fingerprint density at radius 1 is 1.22 bits per heavy atom. The first-order valence-corrected chi connectivity index (χ1v) is 6.83. The number of aliphatic carboxylic acids is 1. The molecule has 5 nitrogen and oxygen atoms in total. The Labute approximate surface area is 109 Å². The van der Waals surface area contributed by atoms with E-state index >= 15 is 0 Å². The summed E-state index contributed by atoms with van der Waals surface area (Å²) < 4.78 is 0. The van der Waals surface area contributed by atoms with Crippen LogP contribution < -0.4 is 0 Å². The zero-order valence-corrected chi connectivity index (χ0v) is 11.4. The van der Waals surface area contributed by atoms with E-state index in [4.69, 9.17) is 5.11 Å². The number of hydrogen-bond acceptors (Lipinski definition) is 2. The predicted octanol–water partition coefficient (Wildman–Crippen LogP) is 2.17. The highest BCUT2D eigenvalue weighted by Crippen LogP contribution is 2.14. The standard InChI is InChI=1S/C13H24N2O3/c1-3-11(2)15(10-12(16)17)13(18)14-8-6-4-5-7-9-14/h11H,3-10H2,1-2H3,(H,16,17). The first-order valence-electron chi connectivity index (χ1n) is 6.83. The molecule has 0 radical (unpaired) electrons. The van der Waals surface area contributed by atoms with Gasteiger partial charge < -0.3 is 14.9 Å². The summed E-state index contributed by atoms with van der Waals surface area (Å²) in [7, 11) is 0. The maximum absolute atomic E-state index is 12.4. The number of nitrogens with zero attached hydrogens (tertiary/aromatic N) is 2. The molecule has 1 aliphatic heterocycles. The fraction of sp³-hybridized carbons (Fsp3) is 0.846. The third kappa shape index (κ3) is 4.20. The van der Waals surface area contributed by atoms with E-state index in [0.717, 1.165) is 45.2 Å². The van der Waals surface area contributed by atoms with Gasteiger partial charge in [0.05, 0.1) is 0 Å². The lowest BCUT2D eigenvalue weighted by Crippen LogP contribution is -2.49. The Balaban J connectivity index is 2.69. The lowest BCUT2D eigenvalue weighted by molar-refractivity contribution is -0.138. The van der Waals surface area contributed by atoms with Crippen molar-refractivity contribution in [3.63, 3.8) is 0 Å². The van der Waals surface area contributed by atoms with Crippen LogP contribution in [0.25, 0.3) is 0 Å². The summed E-state index contributed by atoms with van der Waals surface area (Å²) in [5.74, 6) is -0.946. The van der Waals surface area contributed by atoms with Crippen molar-refractivity contribution in [3.05, 3.63) is 0 Å². The van der Waals surface area contributed by atoms with Crippen LogP contribution >= 0.6 is 0 Å². The molecule has 0 spiro atoms. The lowest BCUT2D eigenvalue weighted by Gasteiger charge is -2.32. The highest BCUT2D eigenvalue weighted by Gasteiger charge is 2.26. The van der Waals surface area contributed by atoms with Gasteiger partial charge in [-0.25, -0.2) is 4.79 Å². The van der Waals surface area contributed by atoms with Crippen LogP contribution in [-0.2, 0) is 4.79 Å². The van der Waals surface area contributed by atoms with Crippen molar-refractivity contribution in [2.24, 2.45) is 0 Å². The molecule has 1 unspecified atom stereocenters. The first kappa shape index (κ1) is 14.8. The van der Waals surface area contributed by atoms with Crippen molar-refractivity contribution in [2.75, 3.05) is 19.6 Å². The largest absolute Gasteiger partial charge is 0.480 e. The molecule has 1 heterocycles. The molecule has 2 amide bonds. The topological polar surface area (TPSA) is 60.9 Å². The Bertz CT molecular complexity index is 286. The number of amides is 2. The van der Waals surface area contributed by atoms with Gasteiger partial charge in [0.15, 0.2) is 0 Å². The Morgan fingerprint density at radius 3 is 2.22 bits per heavy atom. The molecule has 104 valence electrons. The zero-order valence-electron chi connectivity index (χ0n) is 11.4. The summed E-state index contributed by atoms with van der Waals surface area (Å²) >= 11 is 0. The highest BCUT2D eigenvalue weighted by atomic mass is 16.4. The molecule has 1 aliphatic rings. The third-order valence-corrected chi connectivity index (χ3v) is 3.55. The SMILES string of the molecule is CCC(C)N(CC(=O)O)C(=O)N1CCCCCC1. The fourth-order valence-electron chi connectivity index (χ4n) is 2.22. The molecule has 1 fully saturated rings. The minimum atomic E-state index is -0.946. The molecular weight excluding hydrogens is 232 g/mol. The first-order chi connectivity index (χ1) is 8.56. The minimum absolute atomic E-state index is 0.0307. The number of carbonyl (C=O) groups excluding carboxylic acids is 1. The molecule has 0 aliphatic carbocycles. The third-order valence-electron chi connectivity index (χ3n) is 3.55. The Hall–Kier alpha value is -1.26. The maximum atomic E-state index is 12.4. The Kier molecular flexibility index (Phi) is 5.95. The number of hydrogen-bond donors (Lipinski definition) is 1. The van der Waals surface area contributed by atoms with Gasteiger partial charge in [-0.1, -0.05) is 19.8 Å². The predicted molar refractivity (Wildman–Crippen MR) is 69.5 cm³/mol. The van der Waals surface area contributed by atoms with Crippen molar-refractivity contribution in [3.8, 4) is 0 Å². The molecule has 1 N–H and O–H groups in total. The summed E-state index contributed by atoms with van der Waals surface area (Å²) in [6.45, 7) is 5.18. The van der Waals surface area contributed by atoms with E-state index in [9.17, 15) is 9.59 Å². The van der Waals surface area contributed by atoms with Gasteiger partial charge in [0, 0.05) is 19.1 Å². The van der Waals surface area contributed by atoms with Crippen LogP contribution in [0.3, 0.4) is 0 Å². The monoisotopic (exact) mass is 256 g/mol. The number of carboxylic acids is 1. The average Bonchev–Trinajstić information content (AvgIpc) is 2.62. The van der Waals surface area contributed by atoms with E-state index in [1.165, 1.54) is 4.90 Å². The van der Waals surface area contributed by atoms with Crippen molar-refractivity contribution in [1.82, 2.24) is 9.80 Å². The summed E-state index contributed by atoms with van der Waals surface area (Å²) in [5, 5.41) is 8.92. The van der Waals surface area contributed by atoms with Gasteiger partial charge in [-0.3, -0.25) is 4.79 Å². The van der Waals surface area contributed by atoms with Gasteiger partial charge in [0.2, 0.25) is 0 Å². The van der Waals surface area contributed by atoms with E-state index in [2.05, 4.69) is 0 Å². The molecule has 18 heavy (non-hydrogen) atoms. The number of carboxylic acid groups (broad SMARTS) is 1. The van der Waals surface area contributed by atoms with E-state index in [1.54, 1.807) is 0 Å². The van der Waals surface area contributed by atoms with Crippen LogP contribution in [0, 0.1) is 0 Å². The number of carbonyl (C=O) groups is 2. The van der Waals surface area contributed by atoms with E-state index in [1.807, 2.05) is 18.7 Å². The summed E-state index contributed by atoms with van der Waals surface area (Å²) in [4.78, 5) is 26.5. The van der Waals surface area contributed by atoms with Crippen molar-refractivity contribution in [1.29, 1.82) is 0 Å². The lowest BCUT2D eigenvalue weighted by atomic mass is 10.2. The summed E-state index contributed by atoms with van der Waals surface area (Å²) in [5.41, 5.74) is 0. The quantitative estimate of drug-likeness (QED) is 0.838. The Morgan fingerprint density at radius 2 is 1.78 bits per heavy atom. The maximum Gasteiger partial charge on any atom is 0.323 e. The van der Waals surface area contributed by atoms with Crippen LogP contribution in [0.2, 0.25) is 0 Å². The van der Waals surface area contributed by atoms with Gasteiger partial charge in [0.25, 0.3) is 0 Å². The van der Waals surface area contributed by atoms with Crippen LogP contribution in [0.5, 0.6) is 0 Å². The molecule has 5 heteroatoms. The normalized spacial score (nSPS) is 18.0. The van der Waals surface area contributed by atoms with Crippen LogP contribution in [0.15, 0.2) is 0 Å². The van der Waals surface area contributed by atoms with E-state index in [-0.39, 0.29) is 18.6 Å². The molecule has 1 rings (SSSR count). The van der Waals surface area contributed by atoms with E-state index in [0.29, 0.717) is 0 Å². The van der Waals surface area contributed by atoms with Crippen molar-refractivity contribution < 1.29 is 14.7 Å². The molecule has 0 aromatic heterocycles. The van der Waals surface area contributed by atoms with Crippen LogP contribution in [0.4, 0.5) is 4.79 Å². The second-order valence-electron chi connectivity index (χ2n) is 4.96. The van der Waals surface area contributed by atoms with Crippen LogP contribution in [0.1, 0.15) is 46.0 Å². The second kappa shape index (κ2) is 7.24. The fourth-order valence-corrected chi connectivity index (χ4v) is 2.22. The van der Waals surface area contributed by atoms with Gasteiger partial charge in [-0.05, 0) is 26.2 Å². The van der Waals surface area contributed by atoms with Gasteiger partial charge in [-0.15, -0.1) is 0 Å². The molecule has 1 saturated heterocycles. The van der Waals surface area contributed by atoms with E-state index < -0.39 is 5.97 Å². The van der Waals surface area contributed by atoms with Crippen molar-refractivity contribution >= 4 is 12.0 Å². The smallest absolute Gasteiger partial charge is 0.323 e. The molecule has 1 atom stereocenters. The van der Waals surface area contributed by atoms with Crippen LogP contribution in [-0.4, -0.2) is 52.6 Å². The molecular formula is C13H24N2O3. The molecule has 0 aromatic rings. The summed E-state index contributed by atoms with van der Waals surface area (Å²) in [6, 6.07) is -0.148. The molecule has 0 bridgehead atoms. The van der Waals surface area contributed by atoms with Gasteiger partial charge in [0.1, 0.15) is 6.54 Å². The number of urea groups is 1. The number of rotatable bonds is 4. The second-order valence-corrected chi connectivity index (χ2v) is 4.96. The highest BCUT2D eigenvalue weighted by molar-refractivity contribution is 5.80. The molecule has 0 saturated carbocycles. The van der Waals surface area contributed by atoms with Gasteiger partial charge in [-0.2, -0.15) is 0 Å². The summed E-state index contributed by atoms with van der Waals surface area (Å²) in [6.07, 6.45) is 5.13. The van der Waals surface area contributed by atoms with Gasteiger partial charge >= 0.3 is 12.0 Å². The zero-order chi connectivity index (χ0) is 13.5. The number of likely N-dealkylation sites (tertiary alicyclic amines) is 1. The van der Waals surface area contributed by atoms with Crippen molar-refractivity contribution in [2.45, 2.75) is 52.0 Å².